The SMILES string of the molecule is CC(Cc1[nH]nc(N)c1-c1ccccc1F)C(C)(C)C. The van der Waals surface area contributed by atoms with Crippen LogP contribution in [0.1, 0.15) is 33.4 Å². The molecule has 1 aromatic carbocycles. The summed E-state index contributed by atoms with van der Waals surface area (Å²) in [5, 5.41) is 7.02. The summed E-state index contributed by atoms with van der Waals surface area (Å²) in [6.45, 7) is 8.77. The molecule has 0 aliphatic carbocycles. The number of anilines is 1. The number of aromatic amines is 1. The summed E-state index contributed by atoms with van der Waals surface area (Å²) in [4.78, 5) is 0. The summed E-state index contributed by atoms with van der Waals surface area (Å²) >= 11 is 0. The number of halogens is 1. The average Bonchev–Trinajstić information content (AvgIpc) is 2.70. The molecule has 1 heterocycles. The van der Waals surface area contributed by atoms with E-state index in [1.807, 2.05) is 6.07 Å². The van der Waals surface area contributed by atoms with Gasteiger partial charge in [-0.1, -0.05) is 45.9 Å². The monoisotopic (exact) mass is 275 g/mol. The van der Waals surface area contributed by atoms with Gasteiger partial charge in [0.2, 0.25) is 0 Å². The number of hydrogen-bond donors (Lipinski definition) is 2. The number of nitrogen functional groups attached to an aromatic ring is 1. The number of nitrogens with zero attached hydrogens (tertiary/aromatic N) is 1. The molecular weight excluding hydrogens is 253 g/mol. The third-order valence-corrected chi connectivity index (χ3v) is 4.00. The van der Waals surface area contributed by atoms with E-state index in [0.29, 0.717) is 22.9 Å². The van der Waals surface area contributed by atoms with Crippen molar-refractivity contribution in [2.75, 3.05) is 5.73 Å². The Kier molecular flexibility index (Phi) is 3.84. The Morgan fingerprint density at radius 1 is 1.30 bits per heavy atom. The average molecular weight is 275 g/mol. The number of hydrogen-bond acceptors (Lipinski definition) is 2. The van der Waals surface area contributed by atoms with Crippen LogP contribution in [0.2, 0.25) is 0 Å². The standard InChI is InChI=1S/C16H22FN3/c1-10(16(2,3)4)9-13-14(15(18)20-19-13)11-7-5-6-8-12(11)17/h5-8,10H,9H2,1-4H3,(H3,18,19,20). The number of nitrogens with two attached hydrogens (primary N) is 1. The molecule has 108 valence electrons. The van der Waals surface area contributed by atoms with E-state index in [2.05, 4.69) is 37.9 Å². The molecule has 1 aromatic heterocycles. The van der Waals surface area contributed by atoms with Gasteiger partial charge in [0.05, 0.1) is 0 Å². The van der Waals surface area contributed by atoms with Crippen LogP contribution in [0.4, 0.5) is 10.2 Å². The molecule has 1 unspecified atom stereocenters. The lowest BCUT2D eigenvalue weighted by molar-refractivity contribution is 0.258. The Hall–Kier alpha value is -1.84. The van der Waals surface area contributed by atoms with E-state index in [0.717, 1.165) is 12.1 Å². The fraction of sp³-hybridized carbons (Fsp3) is 0.438. The van der Waals surface area contributed by atoms with Crippen LogP contribution >= 0.6 is 0 Å². The van der Waals surface area contributed by atoms with E-state index in [9.17, 15) is 4.39 Å². The molecule has 3 N–H and O–H groups in total. The van der Waals surface area contributed by atoms with Crippen LogP contribution in [-0.4, -0.2) is 10.2 Å². The molecule has 0 bridgehead atoms. The van der Waals surface area contributed by atoms with Crippen LogP contribution in [0.15, 0.2) is 24.3 Å². The van der Waals surface area contributed by atoms with Gasteiger partial charge >= 0.3 is 0 Å². The second kappa shape index (κ2) is 5.27. The second-order valence-corrected chi connectivity index (χ2v) is 6.41. The first kappa shape index (κ1) is 14.6. The summed E-state index contributed by atoms with van der Waals surface area (Å²) < 4.78 is 14.0. The molecule has 0 saturated carbocycles. The van der Waals surface area contributed by atoms with Gasteiger partial charge in [-0.15, -0.1) is 0 Å². The molecule has 2 aromatic rings. The van der Waals surface area contributed by atoms with E-state index in [4.69, 9.17) is 5.73 Å². The molecule has 20 heavy (non-hydrogen) atoms. The molecule has 2 rings (SSSR count). The zero-order chi connectivity index (χ0) is 14.9. The van der Waals surface area contributed by atoms with Gasteiger partial charge in [-0.2, -0.15) is 5.10 Å². The minimum atomic E-state index is -0.273. The van der Waals surface area contributed by atoms with Crippen molar-refractivity contribution in [3.8, 4) is 11.1 Å². The Morgan fingerprint density at radius 2 is 1.95 bits per heavy atom. The van der Waals surface area contributed by atoms with Gasteiger partial charge in [0.25, 0.3) is 0 Å². The predicted octanol–water partition coefficient (Wildman–Crippen LogP) is 4.02. The Bertz CT molecular complexity index is 596. The fourth-order valence-corrected chi connectivity index (χ4v) is 2.12. The van der Waals surface area contributed by atoms with E-state index in [-0.39, 0.29) is 11.2 Å². The lowest BCUT2D eigenvalue weighted by atomic mass is 9.79. The first-order valence-electron chi connectivity index (χ1n) is 6.88. The van der Waals surface area contributed by atoms with Crippen LogP contribution in [0.3, 0.4) is 0 Å². The third kappa shape index (κ3) is 2.84. The van der Waals surface area contributed by atoms with Gasteiger partial charge in [-0.05, 0) is 23.8 Å². The van der Waals surface area contributed by atoms with E-state index >= 15 is 0 Å². The number of rotatable bonds is 3. The molecule has 0 aliphatic rings. The topological polar surface area (TPSA) is 54.7 Å². The number of nitrogens with one attached hydrogen (secondary N) is 1. The summed E-state index contributed by atoms with van der Waals surface area (Å²) in [6, 6.07) is 6.66. The van der Waals surface area contributed by atoms with Gasteiger partial charge < -0.3 is 5.73 Å². The smallest absolute Gasteiger partial charge is 0.153 e. The summed E-state index contributed by atoms with van der Waals surface area (Å²) in [5.41, 5.74) is 8.19. The highest BCUT2D eigenvalue weighted by atomic mass is 19.1. The highest BCUT2D eigenvalue weighted by Crippen LogP contribution is 2.34. The number of aromatic nitrogens is 2. The number of benzene rings is 1. The van der Waals surface area contributed by atoms with Gasteiger partial charge in [-0.25, -0.2) is 4.39 Å². The molecule has 0 saturated heterocycles. The minimum absolute atomic E-state index is 0.173. The molecule has 0 amide bonds. The first-order chi connectivity index (χ1) is 9.30. The maximum absolute atomic E-state index is 14.0. The van der Waals surface area contributed by atoms with Crippen molar-refractivity contribution >= 4 is 5.82 Å². The zero-order valence-electron chi connectivity index (χ0n) is 12.5. The van der Waals surface area contributed by atoms with Crippen LogP contribution in [0, 0.1) is 17.2 Å². The van der Waals surface area contributed by atoms with Crippen molar-refractivity contribution in [1.29, 1.82) is 0 Å². The van der Waals surface area contributed by atoms with Crippen LogP contribution in [0.25, 0.3) is 11.1 Å². The van der Waals surface area contributed by atoms with Crippen molar-refractivity contribution in [2.45, 2.75) is 34.1 Å². The minimum Gasteiger partial charge on any atom is -0.382 e. The van der Waals surface area contributed by atoms with E-state index in [1.165, 1.54) is 6.07 Å². The summed E-state index contributed by atoms with van der Waals surface area (Å²) in [5.74, 6) is 0.504. The van der Waals surface area contributed by atoms with Gasteiger partial charge in [-0.3, -0.25) is 5.10 Å². The van der Waals surface area contributed by atoms with Crippen molar-refractivity contribution in [2.24, 2.45) is 11.3 Å². The molecule has 0 spiro atoms. The van der Waals surface area contributed by atoms with Crippen molar-refractivity contribution in [3.63, 3.8) is 0 Å². The first-order valence-corrected chi connectivity index (χ1v) is 6.88. The second-order valence-electron chi connectivity index (χ2n) is 6.41. The van der Waals surface area contributed by atoms with Gasteiger partial charge in [0.15, 0.2) is 5.82 Å². The fourth-order valence-electron chi connectivity index (χ4n) is 2.12. The van der Waals surface area contributed by atoms with Crippen LogP contribution < -0.4 is 5.73 Å². The highest BCUT2D eigenvalue weighted by Gasteiger charge is 2.24. The maximum atomic E-state index is 14.0. The van der Waals surface area contributed by atoms with Crippen molar-refractivity contribution in [3.05, 3.63) is 35.8 Å². The maximum Gasteiger partial charge on any atom is 0.153 e. The molecule has 0 aliphatic heterocycles. The summed E-state index contributed by atoms with van der Waals surface area (Å²) in [7, 11) is 0. The largest absolute Gasteiger partial charge is 0.382 e. The lowest BCUT2D eigenvalue weighted by Gasteiger charge is -2.27. The molecule has 0 fully saturated rings. The van der Waals surface area contributed by atoms with Crippen molar-refractivity contribution in [1.82, 2.24) is 10.2 Å². The van der Waals surface area contributed by atoms with E-state index in [1.54, 1.807) is 12.1 Å². The number of H-pyrrole nitrogens is 1. The van der Waals surface area contributed by atoms with Gasteiger partial charge in [0, 0.05) is 16.8 Å². The van der Waals surface area contributed by atoms with Crippen LogP contribution in [0.5, 0.6) is 0 Å². The van der Waals surface area contributed by atoms with Crippen molar-refractivity contribution < 1.29 is 4.39 Å². The normalized spacial score (nSPS) is 13.4. The lowest BCUT2D eigenvalue weighted by Crippen LogP contribution is -2.19. The molecule has 3 nitrogen and oxygen atoms in total. The molecule has 4 heteroatoms. The third-order valence-electron chi connectivity index (χ3n) is 4.00. The Balaban J connectivity index is 2.41. The zero-order valence-corrected chi connectivity index (χ0v) is 12.5. The Labute approximate surface area is 119 Å². The Morgan fingerprint density at radius 3 is 2.55 bits per heavy atom. The summed E-state index contributed by atoms with van der Waals surface area (Å²) in [6.07, 6.45) is 0.789. The predicted molar refractivity (Wildman–Crippen MR) is 80.7 cm³/mol. The quantitative estimate of drug-likeness (QED) is 0.888. The van der Waals surface area contributed by atoms with E-state index < -0.39 is 0 Å². The van der Waals surface area contributed by atoms with Crippen LogP contribution in [-0.2, 0) is 6.42 Å². The van der Waals surface area contributed by atoms with Gasteiger partial charge in [0.1, 0.15) is 5.82 Å². The molecule has 1 atom stereocenters. The highest BCUT2D eigenvalue weighted by molar-refractivity contribution is 5.76. The molecule has 0 radical (unpaired) electrons. The molecular formula is C16H22FN3.